The quantitative estimate of drug-likeness (QED) is 0.691. The van der Waals surface area contributed by atoms with Gasteiger partial charge < -0.3 is 10.1 Å². The van der Waals surface area contributed by atoms with Crippen molar-refractivity contribution in [1.82, 2.24) is 5.32 Å². The average molecular weight is 408 g/mol. The van der Waals surface area contributed by atoms with Crippen molar-refractivity contribution >= 4 is 21.6 Å². The molecule has 0 unspecified atom stereocenters. The first-order valence-electron chi connectivity index (χ1n) is 8.87. The van der Waals surface area contributed by atoms with Gasteiger partial charge in [-0.1, -0.05) is 18.2 Å². The molecule has 0 spiro atoms. The van der Waals surface area contributed by atoms with Crippen LogP contribution in [0.5, 0.6) is 5.75 Å². The molecule has 0 saturated carbocycles. The highest BCUT2D eigenvalue weighted by atomic mass is 32.2. The van der Waals surface area contributed by atoms with Gasteiger partial charge in [0.05, 0.1) is 25.1 Å². The number of hydrogen-bond donors (Lipinski definition) is 1. The third-order valence-corrected chi connectivity index (χ3v) is 5.45. The lowest BCUT2D eigenvalue weighted by Gasteiger charge is -2.23. The van der Waals surface area contributed by atoms with Crippen LogP contribution >= 0.6 is 0 Å². The lowest BCUT2D eigenvalue weighted by molar-refractivity contribution is -0.121. The van der Waals surface area contributed by atoms with Crippen molar-refractivity contribution in [3.05, 3.63) is 59.9 Å². The predicted molar refractivity (Wildman–Crippen MR) is 107 cm³/mol. The number of hydrogen-bond acceptors (Lipinski definition) is 4. The fourth-order valence-corrected chi connectivity index (χ4v) is 3.74. The molecule has 0 saturated heterocycles. The number of rotatable bonds is 9. The maximum absolute atomic E-state index is 13.0. The minimum atomic E-state index is -3.50. The van der Waals surface area contributed by atoms with E-state index in [1.54, 1.807) is 36.4 Å². The van der Waals surface area contributed by atoms with Gasteiger partial charge in [0.1, 0.15) is 11.6 Å². The predicted octanol–water partition coefficient (Wildman–Crippen LogP) is 3.26. The number of benzene rings is 2. The van der Waals surface area contributed by atoms with E-state index in [0.29, 0.717) is 17.9 Å². The molecule has 0 radical (unpaired) electrons. The summed E-state index contributed by atoms with van der Waals surface area (Å²) >= 11 is 0. The molecule has 1 amide bonds. The largest absolute Gasteiger partial charge is 0.497 e. The summed E-state index contributed by atoms with van der Waals surface area (Å²) in [5.41, 5.74) is 1.28. The number of ether oxygens (including phenoxy) is 1. The lowest BCUT2D eigenvalue weighted by atomic mass is 10.1. The minimum Gasteiger partial charge on any atom is -0.497 e. The Morgan fingerprint density at radius 3 is 2.50 bits per heavy atom. The third kappa shape index (κ3) is 6.23. The molecule has 0 aliphatic carbocycles. The van der Waals surface area contributed by atoms with Gasteiger partial charge in [0, 0.05) is 19.0 Å². The molecule has 8 heteroatoms. The molecule has 0 aliphatic heterocycles. The van der Waals surface area contributed by atoms with Crippen LogP contribution in [0.2, 0.25) is 0 Å². The number of halogens is 1. The van der Waals surface area contributed by atoms with Crippen molar-refractivity contribution in [3.8, 4) is 5.75 Å². The molecule has 0 fully saturated rings. The second-order valence-corrected chi connectivity index (χ2v) is 8.39. The van der Waals surface area contributed by atoms with Gasteiger partial charge in [0.25, 0.3) is 0 Å². The zero-order valence-corrected chi connectivity index (χ0v) is 17.0. The maximum atomic E-state index is 13.0. The molecule has 2 aromatic carbocycles. The number of sulfonamides is 1. The normalized spacial score (nSPS) is 12.3. The van der Waals surface area contributed by atoms with Crippen LogP contribution in [0.25, 0.3) is 0 Å². The number of carbonyl (C=O) groups excluding carboxylic acids is 1. The second kappa shape index (κ2) is 9.54. The molecule has 6 nitrogen and oxygen atoms in total. The molecule has 0 bridgehead atoms. The molecule has 0 aliphatic rings. The summed E-state index contributed by atoms with van der Waals surface area (Å²) in [5, 5.41) is 2.84. The van der Waals surface area contributed by atoms with Gasteiger partial charge in [-0.05, 0) is 43.2 Å². The first-order chi connectivity index (χ1) is 13.2. The van der Waals surface area contributed by atoms with Crippen LogP contribution < -0.4 is 14.4 Å². The number of nitrogens with one attached hydrogen (secondary N) is 1. The Morgan fingerprint density at radius 1 is 1.21 bits per heavy atom. The minimum absolute atomic E-state index is 0.168. The second-order valence-electron chi connectivity index (χ2n) is 6.48. The van der Waals surface area contributed by atoms with E-state index >= 15 is 0 Å². The molecule has 1 atom stereocenters. The van der Waals surface area contributed by atoms with Gasteiger partial charge in [-0.25, -0.2) is 12.8 Å². The summed E-state index contributed by atoms with van der Waals surface area (Å²) < 4.78 is 43.7. The number of carbonyl (C=O) groups is 1. The van der Waals surface area contributed by atoms with E-state index in [4.69, 9.17) is 4.74 Å². The zero-order chi connectivity index (χ0) is 20.7. The van der Waals surface area contributed by atoms with Crippen LogP contribution in [-0.2, 0) is 14.8 Å². The lowest BCUT2D eigenvalue weighted by Crippen LogP contribution is -2.32. The van der Waals surface area contributed by atoms with Gasteiger partial charge in [-0.2, -0.15) is 0 Å². The number of anilines is 1. The highest BCUT2D eigenvalue weighted by Crippen LogP contribution is 2.23. The SMILES string of the molecule is COc1cccc(N(CCCC(=O)N[C@H](C)c2ccc(F)cc2)S(C)(=O)=O)c1. The molecule has 152 valence electrons. The van der Waals surface area contributed by atoms with Crippen LogP contribution in [0, 0.1) is 5.82 Å². The molecule has 0 heterocycles. The summed E-state index contributed by atoms with van der Waals surface area (Å²) in [6, 6.07) is 12.4. The number of nitrogens with zero attached hydrogens (tertiary/aromatic N) is 1. The maximum Gasteiger partial charge on any atom is 0.232 e. The molecule has 2 rings (SSSR count). The summed E-state index contributed by atoms with van der Waals surface area (Å²) in [5.74, 6) is 0.0219. The summed E-state index contributed by atoms with van der Waals surface area (Å²) in [6.07, 6.45) is 1.65. The number of amides is 1. The zero-order valence-electron chi connectivity index (χ0n) is 16.2. The smallest absolute Gasteiger partial charge is 0.232 e. The first kappa shape index (κ1) is 21.7. The summed E-state index contributed by atoms with van der Waals surface area (Å²) in [7, 11) is -1.99. The van der Waals surface area contributed by atoms with Crippen molar-refractivity contribution in [3.63, 3.8) is 0 Å². The van der Waals surface area contributed by atoms with E-state index in [2.05, 4.69) is 5.32 Å². The Balaban J connectivity index is 1.94. The topological polar surface area (TPSA) is 75.7 Å². The standard InChI is InChI=1S/C20H25FN2O4S/c1-15(16-9-11-17(21)12-10-16)22-20(24)8-5-13-23(28(3,25)26)18-6-4-7-19(14-18)27-2/h4,6-7,9-12,14-15H,5,8,13H2,1-3H3,(H,22,24)/t15-/m1/s1. The van der Waals surface area contributed by atoms with Gasteiger partial charge in [-0.3, -0.25) is 9.10 Å². The Kier molecular flexibility index (Phi) is 7.39. The first-order valence-corrected chi connectivity index (χ1v) is 10.7. The van der Waals surface area contributed by atoms with E-state index < -0.39 is 10.0 Å². The van der Waals surface area contributed by atoms with Crippen LogP contribution in [0.15, 0.2) is 48.5 Å². The summed E-state index contributed by atoms with van der Waals surface area (Å²) in [6.45, 7) is 1.98. The third-order valence-electron chi connectivity index (χ3n) is 4.25. The van der Waals surface area contributed by atoms with Crippen LogP contribution in [0.4, 0.5) is 10.1 Å². The average Bonchev–Trinajstić information content (AvgIpc) is 2.64. The van der Waals surface area contributed by atoms with Crippen LogP contribution in [0.1, 0.15) is 31.4 Å². The van der Waals surface area contributed by atoms with E-state index in [1.165, 1.54) is 23.5 Å². The Hall–Kier alpha value is -2.61. The van der Waals surface area contributed by atoms with E-state index in [1.807, 2.05) is 6.92 Å². The molecule has 0 aromatic heterocycles. The van der Waals surface area contributed by atoms with Gasteiger partial charge in [0.2, 0.25) is 15.9 Å². The Bertz CT molecular complexity index is 901. The van der Waals surface area contributed by atoms with E-state index in [9.17, 15) is 17.6 Å². The van der Waals surface area contributed by atoms with Gasteiger partial charge >= 0.3 is 0 Å². The Morgan fingerprint density at radius 2 is 1.89 bits per heavy atom. The Labute approximate surface area is 165 Å². The highest BCUT2D eigenvalue weighted by Gasteiger charge is 2.18. The van der Waals surface area contributed by atoms with Crippen molar-refractivity contribution in [2.24, 2.45) is 0 Å². The van der Waals surface area contributed by atoms with Gasteiger partial charge in [0.15, 0.2) is 0 Å². The molecular weight excluding hydrogens is 383 g/mol. The van der Waals surface area contributed by atoms with Crippen LogP contribution in [0.3, 0.4) is 0 Å². The number of methoxy groups -OCH3 is 1. The van der Waals surface area contributed by atoms with Crippen molar-refractivity contribution < 1.29 is 22.3 Å². The summed E-state index contributed by atoms with van der Waals surface area (Å²) in [4.78, 5) is 12.2. The fraction of sp³-hybridized carbons (Fsp3) is 0.350. The van der Waals surface area contributed by atoms with Crippen molar-refractivity contribution in [2.75, 3.05) is 24.2 Å². The monoisotopic (exact) mass is 408 g/mol. The van der Waals surface area contributed by atoms with Crippen molar-refractivity contribution in [1.29, 1.82) is 0 Å². The van der Waals surface area contributed by atoms with E-state index in [0.717, 1.165) is 11.8 Å². The van der Waals surface area contributed by atoms with Crippen molar-refractivity contribution in [2.45, 2.75) is 25.8 Å². The molecule has 2 aromatic rings. The van der Waals surface area contributed by atoms with Crippen LogP contribution in [-0.4, -0.2) is 34.2 Å². The highest BCUT2D eigenvalue weighted by molar-refractivity contribution is 7.92. The van der Waals surface area contributed by atoms with Gasteiger partial charge in [-0.15, -0.1) is 0 Å². The molecule has 28 heavy (non-hydrogen) atoms. The molecular formula is C20H25FN2O4S. The molecule has 1 N–H and O–H groups in total. The fourth-order valence-electron chi connectivity index (χ4n) is 2.78. The van der Waals surface area contributed by atoms with E-state index in [-0.39, 0.29) is 30.7 Å².